The highest BCUT2D eigenvalue weighted by Gasteiger charge is 2.35. The summed E-state index contributed by atoms with van der Waals surface area (Å²) in [5, 5.41) is 18.6. The fourth-order valence-electron chi connectivity index (χ4n) is 3.47. The molecule has 210 valence electrons. The first-order chi connectivity index (χ1) is 19.1. The fraction of sp³-hybridized carbons (Fsp3) is 0.179. The first-order valence-electron chi connectivity index (χ1n) is 11.7. The van der Waals surface area contributed by atoms with Crippen molar-refractivity contribution in [2.24, 2.45) is 5.73 Å². The van der Waals surface area contributed by atoms with Gasteiger partial charge >= 0.3 is 18.0 Å². The van der Waals surface area contributed by atoms with Crippen LogP contribution in [-0.4, -0.2) is 57.9 Å². The number of aldehydes is 1. The van der Waals surface area contributed by atoms with Crippen molar-refractivity contribution in [3.8, 4) is 0 Å². The third-order valence-electron chi connectivity index (χ3n) is 5.43. The van der Waals surface area contributed by atoms with E-state index in [0.717, 1.165) is 5.56 Å². The van der Waals surface area contributed by atoms with Crippen LogP contribution >= 0.6 is 23.2 Å². The first-order valence-corrected chi connectivity index (χ1v) is 12.5. The summed E-state index contributed by atoms with van der Waals surface area (Å²) >= 11 is 11.5. The van der Waals surface area contributed by atoms with Crippen molar-refractivity contribution in [1.82, 2.24) is 4.90 Å². The van der Waals surface area contributed by atoms with Crippen LogP contribution in [-0.2, 0) is 36.9 Å². The SMILES string of the molecule is NCC(=O)N(C(=O)OCc1ccccc1)[C@@H](Cc1ccccc1)C(=O)O.O=CC(C(=O)O)c1c(Cl)cccc1Cl. The lowest BCUT2D eigenvalue weighted by molar-refractivity contribution is -0.148. The van der Waals surface area contributed by atoms with Gasteiger partial charge in [0, 0.05) is 22.0 Å². The molecule has 3 rings (SSSR count). The number of hydrogen-bond donors (Lipinski definition) is 3. The number of benzene rings is 3. The van der Waals surface area contributed by atoms with E-state index in [4.69, 9.17) is 38.8 Å². The van der Waals surface area contributed by atoms with Gasteiger partial charge in [0.25, 0.3) is 0 Å². The number of carboxylic acids is 2. The lowest BCUT2D eigenvalue weighted by Crippen LogP contribution is -2.52. The van der Waals surface area contributed by atoms with Gasteiger partial charge in [-0.05, 0) is 23.3 Å². The molecule has 0 aromatic heterocycles. The second-order valence-corrected chi connectivity index (χ2v) is 8.95. The maximum atomic E-state index is 12.4. The molecule has 0 saturated carbocycles. The van der Waals surface area contributed by atoms with E-state index < -0.39 is 42.4 Å². The number of halogens is 2. The topological polar surface area (TPSA) is 164 Å². The van der Waals surface area contributed by atoms with Gasteiger partial charge < -0.3 is 25.5 Å². The Labute approximate surface area is 239 Å². The van der Waals surface area contributed by atoms with Crippen LogP contribution in [0.3, 0.4) is 0 Å². The molecule has 2 atom stereocenters. The van der Waals surface area contributed by atoms with E-state index in [0.29, 0.717) is 16.7 Å². The Bertz CT molecular complexity index is 1300. The number of rotatable bonds is 10. The number of carboxylic acid groups (broad SMARTS) is 2. The summed E-state index contributed by atoms with van der Waals surface area (Å²) in [4.78, 5) is 58.1. The van der Waals surface area contributed by atoms with Gasteiger partial charge in [-0.1, -0.05) is 89.9 Å². The Morgan fingerprint density at radius 1 is 0.825 bits per heavy atom. The highest BCUT2D eigenvalue weighted by molar-refractivity contribution is 6.36. The number of carbonyl (C=O) groups excluding carboxylic acids is 3. The molecule has 0 aliphatic carbocycles. The van der Waals surface area contributed by atoms with Gasteiger partial charge in [-0.25, -0.2) is 14.5 Å². The molecule has 0 heterocycles. The molecule has 0 radical (unpaired) electrons. The van der Waals surface area contributed by atoms with Crippen molar-refractivity contribution in [3.63, 3.8) is 0 Å². The van der Waals surface area contributed by atoms with E-state index in [1.165, 1.54) is 12.1 Å². The molecule has 0 aliphatic heterocycles. The Morgan fingerprint density at radius 2 is 1.35 bits per heavy atom. The van der Waals surface area contributed by atoms with Crippen molar-refractivity contribution in [3.05, 3.63) is 106 Å². The van der Waals surface area contributed by atoms with E-state index in [1.807, 2.05) is 6.07 Å². The summed E-state index contributed by atoms with van der Waals surface area (Å²) < 4.78 is 5.13. The van der Waals surface area contributed by atoms with Gasteiger partial charge in [-0.15, -0.1) is 0 Å². The van der Waals surface area contributed by atoms with Gasteiger partial charge in [0.2, 0.25) is 5.91 Å². The van der Waals surface area contributed by atoms with E-state index in [-0.39, 0.29) is 28.6 Å². The molecule has 1 unspecified atom stereocenters. The molecule has 10 nitrogen and oxygen atoms in total. The van der Waals surface area contributed by atoms with Crippen molar-refractivity contribution >= 4 is 53.4 Å². The van der Waals surface area contributed by atoms with Crippen LogP contribution in [0.2, 0.25) is 10.0 Å². The number of nitrogens with two attached hydrogens (primary N) is 1. The smallest absolute Gasteiger partial charge is 0.417 e. The predicted molar refractivity (Wildman–Crippen MR) is 147 cm³/mol. The van der Waals surface area contributed by atoms with E-state index in [9.17, 15) is 29.1 Å². The number of carbonyl (C=O) groups is 5. The van der Waals surface area contributed by atoms with Crippen molar-refractivity contribution in [2.75, 3.05) is 6.54 Å². The molecular weight excluding hydrogens is 563 g/mol. The third-order valence-corrected chi connectivity index (χ3v) is 6.09. The molecule has 3 aromatic rings. The predicted octanol–water partition coefficient (Wildman–Crippen LogP) is 4.17. The molecule has 0 fully saturated rings. The monoisotopic (exact) mass is 588 g/mol. The zero-order valence-corrected chi connectivity index (χ0v) is 22.5. The highest BCUT2D eigenvalue weighted by Crippen LogP contribution is 2.30. The van der Waals surface area contributed by atoms with Crippen LogP contribution in [0.1, 0.15) is 22.6 Å². The number of imide groups is 1. The molecule has 12 heteroatoms. The maximum absolute atomic E-state index is 12.4. The van der Waals surface area contributed by atoms with Crippen molar-refractivity contribution in [2.45, 2.75) is 25.0 Å². The van der Waals surface area contributed by atoms with Crippen LogP contribution in [0.5, 0.6) is 0 Å². The summed E-state index contributed by atoms with van der Waals surface area (Å²) in [5.74, 6) is -4.70. The number of ether oxygens (including phenoxy) is 1. The average Bonchev–Trinajstić information content (AvgIpc) is 2.94. The number of nitrogens with zero attached hydrogens (tertiary/aromatic N) is 1. The number of hydrogen-bond acceptors (Lipinski definition) is 7. The Hall–Kier alpha value is -4.25. The standard InChI is InChI=1S/C19H20N2O5.C9H6Cl2O3/c20-12-17(22)21(19(25)26-13-15-9-5-2-6-10-15)16(18(23)24)11-14-7-3-1-4-8-14;10-6-2-1-3-7(11)8(6)5(4-12)9(13)14/h1-10,16H,11-13,20H2,(H,23,24);1-5H,(H,13,14)/t16-;/m0./s1. The Morgan fingerprint density at radius 3 is 1.80 bits per heavy atom. The molecular formula is C28H26Cl2N2O8. The normalized spacial score (nSPS) is 11.7. The first kappa shape index (κ1) is 32.0. The van der Waals surface area contributed by atoms with E-state index >= 15 is 0 Å². The summed E-state index contributed by atoms with van der Waals surface area (Å²) in [7, 11) is 0. The van der Waals surface area contributed by atoms with E-state index in [2.05, 4.69) is 0 Å². The van der Waals surface area contributed by atoms with Gasteiger partial charge in [-0.3, -0.25) is 9.59 Å². The lowest BCUT2D eigenvalue weighted by Gasteiger charge is -2.26. The Kier molecular flexibility index (Phi) is 12.8. The Balaban J connectivity index is 0.000000337. The van der Waals surface area contributed by atoms with Crippen molar-refractivity contribution in [1.29, 1.82) is 0 Å². The van der Waals surface area contributed by atoms with Crippen LogP contribution in [0.15, 0.2) is 78.9 Å². The molecule has 0 bridgehead atoms. The zero-order chi connectivity index (χ0) is 29.7. The summed E-state index contributed by atoms with van der Waals surface area (Å²) in [6, 6.07) is 20.7. The van der Waals surface area contributed by atoms with Crippen LogP contribution in [0.25, 0.3) is 0 Å². The largest absolute Gasteiger partial charge is 0.480 e. The average molecular weight is 589 g/mol. The summed E-state index contributed by atoms with van der Waals surface area (Å²) in [5.41, 5.74) is 6.89. The van der Waals surface area contributed by atoms with Crippen molar-refractivity contribution < 1.29 is 38.9 Å². The third kappa shape index (κ3) is 9.19. The molecule has 2 amide bonds. The van der Waals surface area contributed by atoms with Gasteiger partial charge in [0.05, 0.1) is 6.54 Å². The molecule has 0 aliphatic rings. The maximum Gasteiger partial charge on any atom is 0.417 e. The molecule has 40 heavy (non-hydrogen) atoms. The van der Waals surface area contributed by atoms with Gasteiger partial charge in [0.1, 0.15) is 24.9 Å². The van der Waals surface area contributed by atoms with Crippen LogP contribution < -0.4 is 5.73 Å². The second kappa shape index (κ2) is 16.0. The summed E-state index contributed by atoms with van der Waals surface area (Å²) in [6.45, 7) is -0.579. The lowest BCUT2D eigenvalue weighted by atomic mass is 10.0. The fourth-order valence-corrected chi connectivity index (χ4v) is 4.11. The minimum Gasteiger partial charge on any atom is -0.480 e. The minimum atomic E-state index is -1.41. The van der Waals surface area contributed by atoms with E-state index in [1.54, 1.807) is 60.7 Å². The molecule has 0 saturated heterocycles. The van der Waals surface area contributed by atoms with Gasteiger partial charge in [0.15, 0.2) is 0 Å². The molecule has 3 aromatic carbocycles. The highest BCUT2D eigenvalue weighted by atomic mass is 35.5. The molecule has 0 spiro atoms. The zero-order valence-electron chi connectivity index (χ0n) is 21.0. The minimum absolute atomic E-state index is 0.0393. The van der Waals surface area contributed by atoms with Gasteiger partial charge in [-0.2, -0.15) is 0 Å². The molecule has 4 N–H and O–H groups in total. The van der Waals surface area contributed by atoms with Crippen LogP contribution in [0.4, 0.5) is 4.79 Å². The summed E-state index contributed by atoms with van der Waals surface area (Å²) in [6.07, 6.45) is -0.773. The number of aliphatic carboxylic acids is 2. The second-order valence-electron chi connectivity index (χ2n) is 8.14. The quantitative estimate of drug-likeness (QED) is 0.233. The number of amides is 2. The van der Waals surface area contributed by atoms with Crippen LogP contribution in [0, 0.1) is 0 Å².